The maximum Gasteiger partial charge on any atom is 0.283 e. The Morgan fingerprint density at radius 3 is 2.67 bits per heavy atom. The Balaban J connectivity index is 2.35. The summed E-state index contributed by atoms with van der Waals surface area (Å²) in [7, 11) is 0. The number of rotatable bonds is 0. The van der Waals surface area contributed by atoms with Crippen LogP contribution in [0.1, 0.15) is 6.92 Å². The summed E-state index contributed by atoms with van der Waals surface area (Å²) in [6, 6.07) is 0. The standard InChI is InChI=1S/C5H9F2NO/c1-4-8-2-5(6,7)3-9-4/h4,8H,2-3H2,1H3. The highest BCUT2D eigenvalue weighted by Crippen LogP contribution is 2.16. The Bertz CT molecular complexity index is 97.1. The maximum atomic E-state index is 12.2. The normalized spacial score (nSPS) is 34.3. The van der Waals surface area contributed by atoms with E-state index in [0.29, 0.717) is 0 Å². The average Bonchev–Trinajstić information content (AvgIpc) is 1.78. The number of alkyl halides is 2. The molecule has 0 aliphatic carbocycles. The lowest BCUT2D eigenvalue weighted by Gasteiger charge is -2.27. The van der Waals surface area contributed by atoms with Crippen molar-refractivity contribution >= 4 is 0 Å². The average molecular weight is 137 g/mol. The monoisotopic (exact) mass is 137 g/mol. The predicted molar refractivity (Wildman–Crippen MR) is 28.4 cm³/mol. The molecule has 1 N–H and O–H groups in total. The summed E-state index contributed by atoms with van der Waals surface area (Å²) in [5.74, 6) is -2.67. The van der Waals surface area contributed by atoms with E-state index in [1.54, 1.807) is 6.92 Å². The highest BCUT2D eigenvalue weighted by Gasteiger charge is 2.33. The van der Waals surface area contributed by atoms with Crippen molar-refractivity contribution in [3.8, 4) is 0 Å². The second-order valence-corrected chi connectivity index (χ2v) is 2.19. The molecular formula is C5H9F2NO. The quantitative estimate of drug-likeness (QED) is 0.527. The van der Waals surface area contributed by atoms with Gasteiger partial charge in [-0.3, -0.25) is 5.32 Å². The first kappa shape index (κ1) is 6.89. The van der Waals surface area contributed by atoms with Crippen LogP contribution in [0.25, 0.3) is 0 Å². The molecule has 9 heavy (non-hydrogen) atoms. The van der Waals surface area contributed by atoms with Gasteiger partial charge in [-0.15, -0.1) is 0 Å². The molecule has 1 aliphatic rings. The van der Waals surface area contributed by atoms with Crippen LogP contribution in [-0.2, 0) is 4.74 Å². The maximum absolute atomic E-state index is 12.2. The van der Waals surface area contributed by atoms with Crippen molar-refractivity contribution in [2.24, 2.45) is 0 Å². The van der Waals surface area contributed by atoms with Gasteiger partial charge < -0.3 is 4.74 Å². The molecule has 4 heteroatoms. The smallest absolute Gasteiger partial charge is 0.283 e. The molecule has 1 rings (SSSR count). The van der Waals surface area contributed by atoms with E-state index in [1.807, 2.05) is 0 Å². The van der Waals surface area contributed by atoms with Gasteiger partial charge >= 0.3 is 0 Å². The van der Waals surface area contributed by atoms with Crippen LogP contribution in [0.4, 0.5) is 8.78 Å². The van der Waals surface area contributed by atoms with Crippen LogP contribution in [0.15, 0.2) is 0 Å². The fourth-order valence-corrected chi connectivity index (χ4v) is 0.650. The first-order chi connectivity index (χ1) is 4.10. The second-order valence-electron chi connectivity index (χ2n) is 2.19. The van der Waals surface area contributed by atoms with Crippen LogP contribution < -0.4 is 5.32 Å². The number of nitrogens with one attached hydrogen (secondary N) is 1. The van der Waals surface area contributed by atoms with Gasteiger partial charge in [0.05, 0.1) is 6.54 Å². The molecule has 1 atom stereocenters. The zero-order valence-electron chi connectivity index (χ0n) is 5.16. The van der Waals surface area contributed by atoms with E-state index in [1.165, 1.54) is 0 Å². The molecule has 0 radical (unpaired) electrons. The van der Waals surface area contributed by atoms with Gasteiger partial charge in [0.1, 0.15) is 12.8 Å². The predicted octanol–water partition coefficient (Wildman–Crippen LogP) is 0.587. The molecule has 2 nitrogen and oxygen atoms in total. The molecule has 1 fully saturated rings. The van der Waals surface area contributed by atoms with Crippen LogP contribution in [-0.4, -0.2) is 25.3 Å². The Kier molecular flexibility index (Phi) is 1.68. The minimum atomic E-state index is -2.67. The molecule has 0 bridgehead atoms. The molecule has 0 spiro atoms. The van der Waals surface area contributed by atoms with Crippen molar-refractivity contribution < 1.29 is 13.5 Å². The van der Waals surface area contributed by atoms with E-state index in [0.717, 1.165) is 0 Å². The molecular weight excluding hydrogens is 128 g/mol. The van der Waals surface area contributed by atoms with Gasteiger partial charge in [-0.1, -0.05) is 0 Å². The van der Waals surface area contributed by atoms with Gasteiger partial charge in [0.2, 0.25) is 0 Å². The molecule has 0 aromatic carbocycles. The fraction of sp³-hybridized carbons (Fsp3) is 1.00. The highest BCUT2D eigenvalue weighted by molar-refractivity contribution is 4.73. The van der Waals surface area contributed by atoms with Crippen LogP contribution >= 0.6 is 0 Å². The summed E-state index contributed by atoms with van der Waals surface area (Å²) in [4.78, 5) is 0. The molecule has 1 aliphatic heterocycles. The van der Waals surface area contributed by atoms with Gasteiger partial charge in [-0.05, 0) is 6.92 Å². The van der Waals surface area contributed by atoms with E-state index < -0.39 is 12.5 Å². The lowest BCUT2D eigenvalue weighted by molar-refractivity contribution is -0.139. The van der Waals surface area contributed by atoms with E-state index >= 15 is 0 Å². The van der Waals surface area contributed by atoms with Crippen molar-refractivity contribution in [3.05, 3.63) is 0 Å². The van der Waals surface area contributed by atoms with E-state index in [4.69, 9.17) is 0 Å². The van der Waals surface area contributed by atoms with E-state index in [2.05, 4.69) is 10.1 Å². The summed E-state index contributed by atoms with van der Waals surface area (Å²) in [6.07, 6.45) is -0.232. The van der Waals surface area contributed by atoms with Crippen LogP contribution in [0.2, 0.25) is 0 Å². The third-order valence-electron chi connectivity index (χ3n) is 1.19. The number of hydrogen-bond donors (Lipinski definition) is 1. The Labute approximate surface area is 52.2 Å². The summed E-state index contributed by atoms with van der Waals surface area (Å²) in [5, 5.41) is 2.50. The van der Waals surface area contributed by atoms with Crippen molar-refractivity contribution in [2.45, 2.75) is 19.1 Å². The first-order valence-corrected chi connectivity index (χ1v) is 2.83. The Hall–Kier alpha value is -0.220. The zero-order valence-corrected chi connectivity index (χ0v) is 5.16. The van der Waals surface area contributed by atoms with Crippen molar-refractivity contribution in [2.75, 3.05) is 13.2 Å². The number of ether oxygens (including phenoxy) is 1. The summed E-state index contributed by atoms with van der Waals surface area (Å²) < 4.78 is 29.0. The van der Waals surface area contributed by atoms with Gasteiger partial charge in [0.25, 0.3) is 5.92 Å². The minimum Gasteiger partial charge on any atom is -0.357 e. The van der Waals surface area contributed by atoms with Gasteiger partial charge in [0.15, 0.2) is 0 Å². The van der Waals surface area contributed by atoms with E-state index in [-0.39, 0.29) is 12.8 Å². The lowest BCUT2D eigenvalue weighted by atomic mass is 10.3. The fourth-order valence-electron chi connectivity index (χ4n) is 0.650. The topological polar surface area (TPSA) is 21.3 Å². The Morgan fingerprint density at radius 1 is 1.67 bits per heavy atom. The highest BCUT2D eigenvalue weighted by atomic mass is 19.3. The summed E-state index contributed by atoms with van der Waals surface area (Å²) >= 11 is 0. The molecule has 1 saturated heterocycles. The molecule has 0 aromatic heterocycles. The molecule has 1 unspecified atom stereocenters. The van der Waals surface area contributed by atoms with Crippen LogP contribution in [0.3, 0.4) is 0 Å². The van der Waals surface area contributed by atoms with Crippen molar-refractivity contribution in [1.29, 1.82) is 0 Å². The number of halogens is 2. The van der Waals surface area contributed by atoms with Gasteiger partial charge in [-0.2, -0.15) is 0 Å². The zero-order chi connectivity index (χ0) is 6.91. The van der Waals surface area contributed by atoms with Gasteiger partial charge in [-0.25, -0.2) is 8.78 Å². The Morgan fingerprint density at radius 2 is 2.33 bits per heavy atom. The lowest BCUT2D eigenvalue weighted by Crippen LogP contribution is -2.48. The minimum absolute atomic E-state index is 0.232. The molecule has 1 heterocycles. The third kappa shape index (κ3) is 1.87. The van der Waals surface area contributed by atoms with Gasteiger partial charge in [0, 0.05) is 0 Å². The van der Waals surface area contributed by atoms with Crippen LogP contribution in [0.5, 0.6) is 0 Å². The molecule has 0 aromatic rings. The second kappa shape index (κ2) is 2.19. The van der Waals surface area contributed by atoms with E-state index in [9.17, 15) is 8.78 Å². The largest absolute Gasteiger partial charge is 0.357 e. The van der Waals surface area contributed by atoms with Crippen molar-refractivity contribution in [1.82, 2.24) is 5.32 Å². The van der Waals surface area contributed by atoms with Crippen LogP contribution in [0, 0.1) is 0 Å². The molecule has 0 amide bonds. The third-order valence-corrected chi connectivity index (χ3v) is 1.19. The molecule has 0 saturated carbocycles. The number of hydrogen-bond acceptors (Lipinski definition) is 2. The molecule has 54 valence electrons. The summed E-state index contributed by atoms with van der Waals surface area (Å²) in [5.41, 5.74) is 0. The first-order valence-electron chi connectivity index (χ1n) is 2.83. The SMILES string of the molecule is CC1NCC(F)(F)CO1. The van der Waals surface area contributed by atoms with Crippen molar-refractivity contribution in [3.63, 3.8) is 0 Å². The summed E-state index contributed by atoms with van der Waals surface area (Å²) in [6.45, 7) is 0.977.